The van der Waals surface area contributed by atoms with E-state index in [-0.39, 0.29) is 18.3 Å². The molecule has 7 heteroatoms. The lowest BCUT2D eigenvalue weighted by Gasteiger charge is -2.46. The highest BCUT2D eigenvalue weighted by molar-refractivity contribution is 7.20. The minimum atomic E-state index is -3.09. The number of nitrogens with zero attached hydrogens (tertiary/aromatic N) is 3. The van der Waals surface area contributed by atoms with Gasteiger partial charge in [0.2, 0.25) is 0 Å². The molecule has 2 aliphatic heterocycles. The Morgan fingerprint density at radius 3 is 1.33 bits per heavy atom. The van der Waals surface area contributed by atoms with E-state index < -0.39 is 8.07 Å². The van der Waals surface area contributed by atoms with Crippen LogP contribution < -0.4 is 51.8 Å². The molecule has 0 N–H and O–H groups in total. The van der Waals surface area contributed by atoms with Crippen LogP contribution in [-0.2, 0) is 0 Å². The van der Waals surface area contributed by atoms with E-state index in [4.69, 9.17) is 0 Å². The minimum absolute atomic E-state index is 0.274. The Kier molecular flexibility index (Phi) is 12.5. The van der Waals surface area contributed by atoms with Crippen LogP contribution in [0.4, 0.5) is 60.0 Å². The summed E-state index contributed by atoms with van der Waals surface area (Å²) >= 11 is 0. The molecule has 0 fully saturated rings. The molecule has 0 unspecified atom stereocenters. The lowest BCUT2D eigenvalue weighted by Crippen LogP contribution is -2.75. The van der Waals surface area contributed by atoms with E-state index in [2.05, 4.69) is 259 Å². The molecule has 81 heavy (non-hydrogen) atoms. The molecule has 0 radical (unpaired) electrons. The third kappa shape index (κ3) is 8.39. The van der Waals surface area contributed by atoms with Crippen molar-refractivity contribution in [3.63, 3.8) is 0 Å². The maximum atomic E-state index is 16.3. The van der Waals surface area contributed by atoms with E-state index in [9.17, 15) is 0 Å². The number of para-hydroxylation sites is 2. The predicted octanol–water partition coefficient (Wildman–Crippen LogP) is 14.8. The number of benzene rings is 12. The number of hydrogen-bond donors (Lipinski definition) is 0. The van der Waals surface area contributed by atoms with Crippen molar-refractivity contribution >= 4 is 103 Å². The van der Waals surface area contributed by atoms with Crippen molar-refractivity contribution in [2.75, 3.05) is 14.7 Å². The van der Waals surface area contributed by atoms with Gasteiger partial charge in [0.1, 0.15) is 11.6 Å². The Morgan fingerprint density at radius 2 is 0.790 bits per heavy atom. The third-order valence-electron chi connectivity index (χ3n) is 16.5. The first-order valence-corrected chi connectivity index (χ1v) is 29.7. The highest BCUT2D eigenvalue weighted by Gasteiger charge is 2.47. The van der Waals surface area contributed by atoms with Crippen LogP contribution in [0.25, 0.3) is 22.3 Å². The fourth-order valence-corrected chi connectivity index (χ4v) is 17.7. The Morgan fingerprint density at radius 1 is 0.346 bits per heavy atom. The van der Waals surface area contributed by atoms with Gasteiger partial charge in [0, 0.05) is 56.6 Å². The fourth-order valence-electron chi connectivity index (χ4n) is 13.0. The van der Waals surface area contributed by atoms with Crippen molar-refractivity contribution in [3.05, 3.63) is 314 Å². The van der Waals surface area contributed by atoms with Crippen molar-refractivity contribution in [2.24, 2.45) is 0 Å². The van der Waals surface area contributed by atoms with Crippen LogP contribution >= 0.6 is 0 Å². The molecular weight excluding hydrogens is 1010 g/mol. The van der Waals surface area contributed by atoms with Crippen LogP contribution in [-0.4, -0.2) is 14.8 Å². The number of hydrogen-bond acceptors (Lipinski definition) is 3. The van der Waals surface area contributed by atoms with Gasteiger partial charge in [-0.2, -0.15) is 0 Å². The maximum Gasteiger partial charge on any atom is 0.252 e. The van der Waals surface area contributed by atoms with Crippen LogP contribution in [0.3, 0.4) is 0 Å². The molecule has 14 rings (SSSR count). The molecule has 0 spiro atoms. The standard InChI is InChI=1S/C74H54BF2N3Si/c1-51-36-43-69(52(2)46-51)80-71-45-42-62(81(59-26-12-5-13-27-59,60-28-14-6-15-29-60)61-30-16-7-17-31-61)50-66(71)75-65-47-54(64-33-19-21-35-68(64)77)39-44-70(65)79(57-40-37-53(38-41-57)63-32-18-20-34-67(63)76)72-48-58(49-73(80)74(72)75)78(55-22-8-3-9-23-55)56-24-10-4-11-25-56/h3-50H,1-2H3. The molecule has 0 bridgehead atoms. The van der Waals surface area contributed by atoms with Gasteiger partial charge in [-0.05, 0) is 147 Å². The normalized spacial score (nSPS) is 12.4. The minimum Gasteiger partial charge on any atom is -0.311 e. The first kappa shape index (κ1) is 49.5. The van der Waals surface area contributed by atoms with Gasteiger partial charge in [-0.15, -0.1) is 0 Å². The van der Waals surface area contributed by atoms with Crippen LogP contribution in [0.1, 0.15) is 11.1 Å². The number of rotatable bonds is 11. The van der Waals surface area contributed by atoms with Gasteiger partial charge in [-0.3, -0.25) is 0 Å². The van der Waals surface area contributed by atoms with Crippen molar-refractivity contribution in [2.45, 2.75) is 13.8 Å². The molecule has 12 aromatic carbocycles. The fraction of sp³-hybridized carbons (Fsp3) is 0.0270. The Bertz CT molecular complexity index is 4160. The van der Waals surface area contributed by atoms with E-state index in [0.29, 0.717) is 11.1 Å². The Balaban J connectivity index is 1.13. The summed E-state index contributed by atoms with van der Waals surface area (Å²) in [4.78, 5) is 7.23. The molecule has 0 saturated heterocycles. The second-order valence-corrected chi connectivity index (χ2v) is 25.0. The number of aryl methyl sites for hydroxylation is 2. The monoisotopic (exact) mass is 1060 g/mol. The molecule has 386 valence electrons. The molecule has 2 aliphatic rings. The van der Waals surface area contributed by atoms with E-state index in [1.54, 1.807) is 18.2 Å². The summed E-state index contributed by atoms with van der Waals surface area (Å²) in [6.45, 7) is 4.04. The van der Waals surface area contributed by atoms with Crippen molar-refractivity contribution < 1.29 is 8.78 Å². The van der Waals surface area contributed by atoms with Gasteiger partial charge in [0.15, 0.2) is 8.07 Å². The van der Waals surface area contributed by atoms with Gasteiger partial charge in [0.25, 0.3) is 6.71 Å². The van der Waals surface area contributed by atoms with Gasteiger partial charge < -0.3 is 14.7 Å². The van der Waals surface area contributed by atoms with Gasteiger partial charge in [-0.1, -0.05) is 218 Å². The van der Waals surface area contributed by atoms with Crippen LogP contribution in [0.5, 0.6) is 0 Å². The Hall–Kier alpha value is -9.82. The zero-order valence-corrected chi connectivity index (χ0v) is 45.9. The first-order valence-electron chi connectivity index (χ1n) is 27.7. The van der Waals surface area contributed by atoms with Crippen LogP contribution in [0, 0.1) is 25.5 Å². The number of fused-ring (bicyclic) bond motifs is 4. The van der Waals surface area contributed by atoms with E-state index in [1.165, 1.54) is 32.4 Å². The predicted molar refractivity (Wildman–Crippen MR) is 339 cm³/mol. The third-order valence-corrected chi connectivity index (χ3v) is 21.3. The summed E-state index contributed by atoms with van der Waals surface area (Å²) < 4.78 is 31.9. The highest BCUT2D eigenvalue weighted by Crippen LogP contribution is 2.49. The highest BCUT2D eigenvalue weighted by atomic mass is 28.3. The van der Waals surface area contributed by atoms with Crippen LogP contribution in [0.2, 0.25) is 0 Å². The van der Waals surface area contributed by atoms with Crippen molar-refractivity contribution in [1.82, 2.24) is 0 Å². The SMILES string of the molecule is Cc1ccc(N2c3ccc([Si](c4ccccc4)(c4ccccc4)c4ccccc4)cc3B3c4cc(-c5ccccc5F)ccc4N(c4ccc(-c5ccccc5F)cc4)c4cc(N(c5ccccc5)c5ccccc5)cc2c43)c(C)c1. The van der Waals surface area contributed by atoms with Crippen molar-refractivity contribution in [1.29, 1.82) is 0 Å². The molecule has 0 aromatic heterocycles. The summed E-state index contributed by atoms with van der Waals surface area (Å²) in [5.74, 6) is -0.553. The topological polar surface area (TPSA) is 9.72 Å². The summed E-state index contributed by atoms with van der Waals surface area (Å²) in [5, 5.41) is 5.11. The molecule has 2 heterocycles. The second kappa shape index (κ2) is 20.4. The van der Waals surface area contributed by atoms with E-state index in [0.717, 1.165) is 84.3 Å². The summed E-state index contributed by atoms with van der Waals surface area (Å²) in [7, 11) is -3.09. The second-order valence-electron chi connectivity index (χ2n) is 21.2. The molecule has 0 aliphatic carbocycles. The average Bonchev–Trinajstić information content (AvgIpc) is 3.35. The van der Waals surface area contributed by atoms with E-state index >= 15 is 8.78 Å². The van der Waals surface area contributed by atoms with Gasteiger partial charge >= 0.3 is 0 Å². The average molecular weight is 1060 g/mol. The Labute approximate surface area is 474 Å². The lowest BCUT2D eigenvalue weighted by atomic mass is 9.33. The number of halogens is 2. The molecule has 0 saturated carbocycles. The molecule has 12 aromatic rings. The van der Waals surface area contributed by atoms with Crippen LogP contribution in [0.15, 0.2) is 291 Å². The quantitative estimate of drug-likeness (QED) is 0.0944. The zero-order valence-electron chi connectivity index (χ0n) is 44.9. The van der Waals surface area contributed by atoms with E-state index in [1.807, 2.05) is 36.4 Å². The summed E-state index contributed by atoms with van der Waals surface area (Å²) in [6.07, 6.45) is 0. The lowest BCUT2D eigenvalue weighted by molar-refractivity contribution is 0.631. The molecule has 0 amide bonds. The number of anilines is 9. The maximum absolute atomic E-state index is 16.3. The van der Waals surface area contributed by atoms with Gasteiger partial charge in [0.05, 0.1) is 5.69 Å². The first-order chi connectivity index (χ1) is 39.8. The zero-order chi connectivity index (χ0) is 54.6. The molecular formula is C74H54BF2N3Si. The molecule has 3 nitrogen and oxygen atoms in total. The van der Waals surface area contributed by atoms with Gasteiger partial charge in [-0.25, -0.2) is 8.78 Å². The smallest absolute Gasteiger partial charge is 0.252 e. The summed E-state index contributed by atoms with van der Waals surface area (Å²) in [5.41, 5.74) is 17.3. The van der Waals surface area contributed by atoms with Crippen molar-refractivity contribution in [3.8, 4) is 22.3 Å². The summed E-state index contributed by atoms with van der Waals surface area (Å²) in [6, 6.07) is 102. The largest absolute Gasteiger partial charge is 0.311 e. The molecule has 0 atom stereocenters.